The zero-order valence-electron chi connectivity index (χ0n) is 26.0. The van der Waals surface area contributed by atoms with Crippen LogP contribution in [0.1, 0.15) is 117 Å². The molecule has 0 atom stereocenters. The van der Waals surface area contributed by atoms with Crippen molar-refractivity contribution in [2.24, 2.45) is 29.6 Å². The van der Waals surface area contributed by atoms with E-state index in [2.05, 4.69) is 20.1 Å². The van der Waals surface area contributed by atoms with Crippen molar-refractivity contribution in [3.05, 3.63) is 24.3 Å². The van der Waals surface area contributed by atoms with Gasteiger partial charge in [-0.05, 0) is 54.6 Å². The summed E-state index contributed by atoms with van der Waals surface area (Å²) in [4.78, 5) is 19.1. The Morgan fingerprint density at radius 1 is 0.795 bits per heavy atom. The fourth-order valence-electron chi connectivity index (χ4n) is 6.05. The predicted octanol–water partition coefficient (Wildman–Crippen LogP) is 8.14. The van der Waals surface area contributed by atoms with Gasteiger partial charge < -0.3 is 14.6 Å². The molecular formula is C34H62O5. The molecule has 0 unspecified atom stereocenters. The number of rotatable bonds is 17. The van der Waals surface area contributed by atoms with Gasteiger partial charge in [-0.3, -0.25) is 9.59 Å². The summed E-state index contributed by atoms with van der Waals surface area (Å²) in [7, 11) is 3.64. The van der Waals surface area contributed by atoms with E-state index in [-0.39, 0.29) is 6.61 Å². The highest BCUT2D eigenvalue weighted by Crippen LogP contribution is 2.39. The number of aliphatic hydroxyl groups excluding tert-OH is 1. The van der Waals surface area contributed by atoms with Gasteiger partial charge in [-0.25, -0.2) is 0 Å². The fraction of sp³-hybridized carbons (Fsp3) is 0.824. The van der Waals surface area contributed by atoms with Crippen molar-refractivity contribution >= 4 is 12.6 Å². The second kappa shape index (κ2) is 25.7. The summed E-state index contributed by atoms with van der Waals surface area (Å²) in [5.41, 5.74) is 1.02. The smallest absolute Gasteiger partial charge is 0.145 e. The largest absolute Gasteiger partial charge is 0.396 e. The van der Waals surface area contributed by atoms with Crippen LogP contribution in [0.25, 0.3) is 0 Å². The molecule has 0 saturated heterocycles. The first-order valence-electron chi connectivity index (χ1n) is 15.7. The van der Waals surface area contributed by atoms with E-state index in [4.69, 9.17) is 14.6 Å². The van der Waals surface area contributed by atoms with Crippen molar-refractivity contribution in [1.82, 2.24) is 0 Å². The second-order valence-electron chi connectivity index (χ2n) is 12.1. The Morgan fingerprint density at radius 3 is 1.56 bits per heavy atom. The Hall–Kier alpha value is -1.30. The number of unbranched alkanes of at least 4 members (excludes halogenated alkanes) is 2. The lowest BCUT2D eigenvalue weighted by molar-refractivity contribution is -0.105. The first-order valence-corrected chi connectivity index (χ1v) is 15.7. The minimum Gasteiger partial charge on any atom is -0.396 e. The lowest BCUT2D eigenvalue weighted by Crippen LogP contribution is -2.22. The summed E-state index contributed by atoms with van der Waals surface area (Å²) in [5, 5.41) is 8.15. The number of methoxy groups -OCH3 is 2. The molecule has 0 aromatic carbocycles. The van der Waals surface area contributed by atoms with Crippen LogP contribution in [0, 0.1) is 29.6 Å². The summed E-state index contributed by atoms with van der Waals surface area (Å²) in [6, 6.07) is 0. The molecule has 2 aliphatic carbocycles. The van der Waals surface area contributed by atoms with Gasteiger partial charge in [-0.1, -0.05) is 110 Å². The van der Waals surface area contributed by atoms with Crippen molar-refractivity contribution in [1.29, 1.82) is 0 Å². The molecule has 0 aliphatic heterocycles. The molecule has 2 saturated carbocycles. The van der Waals surface area contributed by atoms with E-state index in [1.807, 2.05) is 14.2 Å². The molecule has 5 nitrogen and oxygen atoms in total. The third-order valence-corrected chi connectivity index (χ3v) is 8.40. The van der Waals surface area contributed by atoms with Crippen LogP contribution >= 0.6 is 0 Å². The Balaban J connectivity index is 0.00000100. The number of hydrogen-bond acceptors (Lipinski definition) is 5. The van der Waals surface area contributed by atoms with Crippen LogP contribution < -0.4 is 0 Å². The van der Waals surface area contributed by atoms with Crippen LogP contribution in [0.4, 0.5) is 0 Å². The highest BCUT2D eigenvalue weighted by atomic mass is 16.5. The van der Waals surface area contributed by atoms with E-state index in [1.54, 1.807) is 6.92 Å². The zero-order valence-corrected chi connectivity index (χ0v) is 26.0. The van der Waals surface area contributed by atoms with Crippen LogP contribution in [0.2, 0.25) is 0 Å². The van der Waals surface area contributed by atoms with Gasteiger partial charge in [0, 0.05) is 26.7 Å². The normalized spacial score (nSPS) is 22.6. The van der Waals surface area contributed by atoms with Gasteiger partial charge in [-0.2, -0.15) is 0 Å². The van der Waals surface area contributed by atoms with Crippen molar-refractivity contribution in [2.45, 2.75) is 117 Å². The maximum atomic E-state index is 9.68. The lowest BCUT2D eigenvalue weighted by Gasteiger charge is -2.33. The van der Waals surface area contributed by atoms with E-state index >= 15 is 0 Å². The number of aliphatic hydroxyl groups is 1. The average Bonchev–Trinajstić information content (AvgIpc) is 2.94. The predicted molar refractivity (Wildman–Crippen MR) is 164 cm³/mol. The Morgan fingerprint density at radius 2 is 1.23 bits per heavy atom. The second-order valence-corrected chi connectivity index (χ2v) is 12.1. The maximum absolute atomic E-state index is 9.68. The highest BCUT2D eigenvalue weighted by Gasteiger charge is 2.26. The van der Waals surface area contributed by atoms with Gasteiger partial charge in [0.2, 0.25) is 0 Å². The molecule has 0 heterocycles. The molecule has 2 fully saturated rings. The Labute approximate surface area is 241 Å². The van der Waals surface area contributed by atoms with Gasteiger partial charge in [0.1, 0.15) is 12.6 Å². The minimum atomic E-state index is 0.0115. The van der Waals surface area contributed by atoms with E-state index in [9.17, 15) is 9.59 Å². The first kappa shape index (κ1) is 37.7. The lowest BCUT2D eigenvalue weighted by atomic mass is 9.73. The Bertz CT molecular complexity index is 609. The quantitative estimate of drug-likeness (QED) is 0.112. The summed E-state index contributed by atoms with van der Waals surface area (Å²) in [6.45, 7) is 12.3. The molecule has 2 aliphatic rings. The van der Waals surface area contributed by atoms with Crippen molar-refractivity contribution < 1.29 is 24.2 Å². The summed E-state index contributed by atoms with van der Waals surface area (Å²) in [5.74, 6) is 4.64. The molecular weight excluding hydrogens is 488 g/mol. The fourth-order valence-corrected chi connectivity index (χ4v) is 6.05. The van der Waals surface area contributed by atoms with Crippen LogP contribution in [0.3, 0.4) is 0 Å². The van der Waals surface area contributed by atoms with Gasteiger partial charge in [-0.15, -0.1) is 0 Å². The summed E-state index contributed by atoms with van der Waals surface area (Å²) < 4.78 is 10.8. The van der Waals surface area contributed by atoms with Crippen molar-refractivity contribution in [3.8, 4) is 0 Å². The van der Waals surface area contributed by atoms with E-state index in [1.165, 1.54) is 96.3 Å². The molecule has 0 radical (unpaired) electrons. The molecule has 0 aromatic rings. The van der Waals surface area contributed by atoms with Crippen molar-refractivity contribution in [3.63, 3.8) is 0 Å². The van der Waals surface area contributed by atoms with Crippen LogP contribution in [-0.4, -0.2) is 51.7 Å². The van der Waals surface area contributed by atoms with Gasteiger partial charge in [0.05, 0.1) is 13.2 Å². The highest BCUT2D eigenvalue weighted by molar-refractivity contribution is 5.71. The van der Waals surface area contributed by atoms with E-state index in [0.717, 1.165) is 43.2 Å². The topological polar surface area (TPSA) is 72.8 Å². The average molecular weight is 551 g/mol. The van der Waals surface area contributed by atoms with Gasteiger partial charge in [0.15, 0.2) is 0 Å². The third-order valence-electron chi connectivity index (χ3n) is 8.40. The standard InChI is InChI=1S/C25H48O2.C5H8O2.C4H6O/c1-4-5-6-7-21-8-10-22(11-9-21)12-13-23-14-16-24(17-15-23)18-25(19-26-2)20-27-3;1-5(4-7)2-3-6;1-4(2)3-5/h21-25H,4-20H2,1-3H3;4,6H,1-3H2;3H,1H2,2H3. The molecule has 228 valence electrons. The molecule has 1 N–H and O–H groups in total. The molecule has 39 heavy (non-hydrogen) atoms. The molecule has 0 spiro atoms. The first-order chi connectivity index (χ1) is 18.8. The van der Waals surface area contributed by atoms with Crippen molar-refractivity contribution in [2.75, 3.05) is 34.0 Å². The number of hydrogen-bond donors (Lipinski definition) is 1. The summed E-state index contributed by atoms with van der Waals surface area (Å²) in [6.07, 6.45) is 23.9. The third kappa shape index (κ3) is 21.2. The van der Waals surface area contributed by atoms with Crippen LogP contribution in [0.15, 0.2) is 24.3 Å². The molecule has 0 bridgehead atoms. The molecule has 5 heteroatoms. The Kier molecular flexibility index (Phi) is 24.8. The van der Waals surface area contributed by atoms with Crippen LogP contribution in [0.5, 0.6) is 0 Å². The summed E-state index contributed by atoms with van der Waals surface area (Å²) >= 11 is 0. The SMILES string of the molecule is C=C(C)C=O.C=C(C=O)CCO.CCCCCC1CCC(CCC2CCC(CC(COC)COC)CC2)CC1. The number of allylic oxidation sites excluding steroid dienone is 1. The van der Waals surface area contributed by atoms with Gasteiger partial charge >= 0.3 is 0 Å². The number of aldehydes is 2. The number of carbonyl (C=O) groups excluding carboxylic acids is 2. The van der Waals surface area contributed by atoms with Crippen LogP contribution in [-0.2, 0) is 19.1 Å². The monoisotopic (exact) mass is 550 g/mol. The number of ether oxygens (including phenoxy) is 2. The maximum Gasteiger partial charge on any atom is 0.145 e. The zero-order chi connectivity index (χ0) is 29.3. The molecule has 2 rings (SSSR count). The number of carbonyl (C=O) groups is 2. The molecule has 0 aromatic heterocycles. The molecule has 0 amide bonds. The minimum absolute atomic E-state index is 0.0115. The van der Waals surface area contributed by atoms with Gasteiger partial charge in [0.25, 0.3) is 0 Å². The van der Waals surface area contributed by atoms with E-state index in [0.29, 0.717) is 29.8 Å². The van der Waals surface area contributed by atoms with E-state index < -0.39 is 0 Å².